The van der Waals surface area contributed by atoms with E-state index in [9.17, 15) is 4.79 Å². The van der Waals surface area contributed by atoms with Gasteiger partial charge in [0, 0.05) is 21.3 Å². The minimum Gasteiger partial charge on any atom is -0.481 e. The summed E-state index contributed by atoms with van der Waals surface area (Å²) in [6, 6.07) is 0. The average Bonchev–Trinajstić information content (AvgIpc) is 2.61. The van der Waals surface area contributed by atoms with Gasteiger partial charge in [0.1, 0.15) is 0 Å². The Balaban J connectivity index is 4.24. The summed E-state index contributed by atoms with van der Waals surface area (Å²) in [5.41, 5.74) is 0. The van der Waals surface area contributed by atoms with Crippen LogP contribution in [0.4, 0.5) is 0 Å². The van der Waals surface area contributed by atoms with Gasteiger partial charge in [-0.15, -0.1) is 0 Å². The molecule has 0 aliphatic rings. The summed E-state index contributed by atoms with van der Waals surface area (Å²) in [5.74, 6) is -0.780. The fourth-order valence-corrected chi connectivity index (χ4v) is 1.54. The fraction of sp³-hybridized carbons (Fsp3) is 0.550. The summed E-state index contributed by atoms with van der Waals surface area (Å²) >= 11 is 0. The van der Waals surface area contributed by atoms with Crippen LogP contribution in [0.3, 0.4) is 0 Å². The molecule has 0 atom stereocenters. The highest BCUT2D eigenvalue weighted by atomic mass is 16.4. The number of hydrogen-bond acceptors (Lipinski definition) is 2. The number of aliphatic hydroxyl groups excluding tert-OH is 1. The molecule has 0 amide bonds. The topological polar surface area (TPSA) is 57.5 Å². The van der Waals surface area contributed by atoms with E-state index >= 15 is 0 Å². The maximum atomic E-state index is 10.4. The molecule has 0 aliphatic carbocycles. The first-order valence-corrected chi connectivity index (χ1v) is 7.93. The molecule has 0 aromatic carbocycles. The Morgan fingerprint density at radius 3 is 1.96 bits per heavy atom. The minimum absolute atomic E-state index is 0.182. The molecule has 0 spiro atoms. The van der Waals surface area contributed by atoms with Gasteiger partial charge in [0.2, 0.25) is 0 Å². The molecule has 23 heavy (non-hydrogen) atoms. The van der Waals surface area contributed by atoms with Gasteiger partial charge in [-0.2, -0.15) is 0 Å². The zero-order chi connectivity index (χ0) is 22.4. The summed E-state index contributed by atoms with van der Waals surface area (Å²) in [7, 11) is 0. The maximum absolute atomic E-state index is 10.4. The molecule has 130 valence electrons. The van der Waals surface area contributed by atoms with Crippen molar-refractivity contribution >= 4 is 5.97 Å². The molecule has 0 saturated carbocycles. The van der Waals surface area contributed by atoms with Crippen LogP contribution in [0, 0.1) is 0 Å². The lowest BCUT2D eigenvalue weighted by atomic mass is 10.2. The van der Waals surface area contributed by atoms with Gasteiger partial charge in [-0.05, 0) is 51.3 Å². The Kier molecular flexibility index (Phi) is 10.2. The first-order valence-electron chi connectivity index (χ1n) is 10.9. The Morgan fingerprint density at radius 1 is 0.826 bits per heavy atom. The molecule has 0 heterocycles. The lowest BCUT2D eigenvalue weighted by Gasteiger charge is -1.93. The van der Waals surface area contributed by atoms with Crippen LogP contribution < -0.4 is 0 Å². The molecule has 2 N–H and O–H groups in total. The number of carboxylic acids is 1. The predicted molar refractivity (Wildman–Crippen MR) is 97.5 cm³/mol. The van der Waals surface area contributed by atoms with Gasteiger partial charge >= 0.3 is 5.97 Å². The first-order chi connectivity index (χ1) is 13.5. The van der Waals surface area contributed by atoms with Crippen molar-refractivity contribution in [1.29, 1.82) is 0 Å². The van der Waals surface area contributed by atoms with Crippen LogP contribution in [0.5, 0.6) is 0 Å². The van der Waals surface area contributed by atoms with Crippen molar-refractivity contribution < 1.29 is 23.2 Å². The van der Waals surface area contributed by atoms with Gasteiger partial charge < -0.3 is 10.2 Å². The third-order valence-electron chi connectivity index (χ3n) is 2.68. The molecule has 0 rings (SSSR count). The van der Waals surface area contributed by atoms with Crippen LogP contribution in [0.25, 0.3) is 0 Å². The number of hydrogen-bond donors (Lipinski definition) is 2. The quantitative estimate of drug-likeness (QED) is 0.322. The highest BCUT2D eigenvalue weighted by molar-refractivity contribution is 5.66. The largest absolute Gasteiger partial charge is 0.481 e. The lowest BCUT2D eigenvalue weighted by molar-refractivity contribution is -0.137. The van der Waals surface area contributed by atoms with Crippen molar-refractivity contribution in [2.45, 2.75) is 64.1 Å². The van der Waals surface area contributed by atoms with Gasteiger partial charge in [-0.25, -0.2) is 0 Å². The summed E-state index contributed by atoms with van der Waals surface area (Å²) < 4.78 is 46.7. The second kappa shape index (κ2) is 18.4. The summed E-state index contributed by atoms with van der Waals surface area (Å²) in [4.78, 5) is 10.4. The van der Waals surface area contributed by atoms with Crippen molar-refractivity contribution in [2.24, 2.45) is 0 Å². The summed E-state index contributed by atoms with van der Waals surface area (Å²) in [6.07, 6.45) is 9.33. The van der Waals surface area contributed by atoms with Crippen molar-refractivity contribution in [3.63, 3.8) is 0 Å². The third kappa shape index (κ3) is 20.4. The highest BCUT2D eigenvalue weighted by Gasteiger charge is 1.92. The van der Waals surface area contributed by atoms with Crippen molar-refractivity contribution in [1.82, 2.24) is 0 Å². The molecular weight excluding hydrogens is 288 g/mol. The number of rotatable bonds is 15. The number of carbonyl (C=O) groups is 1. The molecule has 0 fully saturated rings. The molecule has 0 aromatic heterocycles. The van der Waals surface area contributed by atoms with E-state index in [4.69, 9.17) is 18.4 Å². The Labute approximate surface area is 149 Å². The highest BCUT2D eigenvalue weighted by Crippen LogP contribution is 2.01. The Hall–Kier alpha value is -1.61. The normalized spacial score (nSPS) is 18.1. The Bertz CT molecular complexity index is 595. The van der Waals surface area contributed by atoms with Gasteiger partial charge in [0.05, 0.1) is 0 Å². The zero-order valence-electron chi connectivity index (χ0n) is 19.6. The van der Waals surface area contributed by atoms with Crippen LogP contribution in [0.1, 0.15) is 72.3 Å². The third-order valence-corrected chi connectivity index (χ3v) is 2.68. The predicted octanol–water partition coefficient (Wildman–Crippen LogP) is 5.19. The number of carboxylic acid groups (broad SMARTS) is 1. The van der Waals surface area contributed by atoms with Crippen LogP contribution in [0.15, 0.2) is 48.6 Å². The summed E-state index contributed by atoms with van der Waals surface area (Å²) in [6.45, 7) is -0.553. The second-order valence-electron chi connectivity index (χ2n) is 4.73. The first kappa shape index (κ1) is 12.8. The minimum atomic E-state index is -2.77. The van der Waals surface area contributed by atoms with Crippen LogP contribution in [-0.2, 0) is 4.79 Å². The van der Waals surface area contributed by atoms with Gasteiger partial charge in [-0.3, -0.25) is 4.79 Å². The molecular formula is C20H32O3. The molecule has 0 aliphatic heterocycles. The SMILES string of the molecule is [2H]C([2H])(C=CCC=CCC=CCC=CCCCC(=O)O)C([2H])([2H])C([2H])([2H])CCO. The van der Waals surface area contributed by atoms with E-state index in [2.05, 4.69) is 0 Å². The summed E-state index contributed by atoms with van der Waals surface area (Å²) in [5, 5.41) is 17.4. The van der Waals surface area contributed by atoms with Crippen LogP contribution >= 0.6 is 0 Å². The van der Waals surface area contributed by atoms with Crippen molar-refractivity contribution in [2.75, 3.05) is 6.61 Å². The number of unbranched alkanes of at least 4 members (excludes halogenated alkanes) is 1. The standard InChI is InChI=1S/C20H32O3/c21-19-17-15-13-11-9-7-5-3-1-2-4-6-8-10-12-14-16-18-20(22)23/h1,3-4,6-7,9-10,12,21H,2,5,8,11,13-19H2,(H,22,23)/i11D2,13D2,15D2. The second-order valence-corrected chi connectivity index (χ2v) is 4.73. The van der Waals surface area contributed by atoms with Gasteiger partial charge in [0.25, 0.3) is 0 Å². The maximum Gasteiger partial charge on any atom is 0.303 e. The van der Waals surface area contributed by atoms with E-state index in [1.165, 1.54) is 6.08 Å². The molecule has 0 saturated heterocycles. The molecule has 3 nitrogen and oxygen atoms in total. The van der Waals surface area contributed by atoms with E-state index < -0.39 is 38.1 Å². The van der Waals surface area contributed by atoms with E-state index in [1.54, 1.807) is 0 Å². The van der Waals surface area contributed by atoms with Crippen molar-refractivity contribution in [3.05, 3.63) is 48.6 Å². The van der Waals surface area contributed by atoms with Crippen LogP contribution in [0.2, 0.25) is 0 Å². The number of aliphatic hydroxyl groups is 1. The lowest BCUT2D eigenvalue weighted by Crippen LogP contribution is -1.92. The van der Waals surface area contributed by atoms with Crippen LogP contribution in [-0.4, -0.2) is 22.8 Å². The molecule has 0 bridgehead atoms. The number of allylic oxidation sites excluding steroid dienone is 8. The molecule has 0 aromatic rings. The van der Waals surface area contributed by atoms with E-state index in [0.717, 1.165) is 18.9 Å². The molecule has 0 radical (unpaired) electrons. The fourth-order valence-electron chi connectivity index (χ4n) is 1.54. The number of aliphatic carboxylic acids is 1. The van der Waals surface area contributed by atoms with E-state index in [1.807, 2.05) is 36.5 Å². The smallest absolute Gasteiger partial charge is 0.303 e. The average molecular weight is 327 g/mol. The van der Waals surface area contributed by atoms with Crippen molar-refractivity contribution in [3.8, 4) is 0 Å². The Morgan fingerprint density at radius 2 is 1.39 bits per heavy atom. The van der Waals surface area contributed by atoms with E-state index in [0.29, 0.717) is 19.3 Å². The van der Waals surface area contributed by atoms with Gasteiger partial charge in [0.15, 0.2) is 0 Å². The van der Waals surface area contributed by atoms with Gasteiger partial charge in [-0.1, -0.05) is 55.0 Å². The molecule has 0 unspecified atom stereocenters. The molecule has 3 heteroatoms. The monoisotopic (exact) mass is 326 g/mol. The van der Waals surface area contributed by atoms with E-state index in [-0.39, 0.29) is 6.42 Å². The zero-order valence-corrected chi connectivity index (χ0v) is 13.6.